The lowest BCUT2D eigenvalue weighted by atomic mass is 10.1. The van der Waals surface area contributed by atoms with E-state index in [-0.39, 0.29) is 0 Å². The highest BCUT2D eigenvalue weighted by atomic mass is 32.2. The van der Waals surface area contributed by atoms with E-state index in [0.29, 0.717) is 11.6 Å². The summed E-state index contributed by atoms with van der Waals surface area (Å²) in [6.07, 6.45) is 2.05. The van der Waals surface area contributed by atoms with Crippen LogP contribution in [0.5, 0.6) is 0 Å². The number of nitrogens with zero attached hydrogens (tertiary/aromatic N) is 1. The molecular weight excluding hydrogens is 218 g/mol. The summed E-state index contributed by atoms with van der Waals surface area (Å²) >= 11 is 1.72. The molecule has 1 aromatic carbocycles. The molecule has 1 heterocycles. The minimum absolute atomic E-state index is 0.448. The Balaban J connectivity index is 2.42. The zero-order chi connectivity index (χ0) is 11.5. The van der Waals surface area contributed by atoms with Crippen molar-refractivity contribution in [3.63, 3.8) is 0 Å². The second-order valence-corrected chi connectivity index (χ2v) is 4.31. The molecule has 2 aromatic rings. The highest BCUT2D eigenvalue weighted by Crippen LogP contribution is 2.25. The Hall–Kier alpha value is -1.68. The van der Waals surface area contributed by atoms with E-state index < -0.39 is 0 Å². The van der Waals surface area contributed by atoms with E-state index in [4.69, 9.17) is 11.5 Å². The molecule has 4 N–H and O–H groups in total. The molecule has 0 aliphatic rings. The van der Waals surface area contributed by atoms with Gasteiger partial charge in [0, 0.05) is 4.90 Å². The van der Waals surface area contributed by atoms with Crippen molar-refractivity contribution in [2.45, 2.75) is 4.90 Å². The number of nitrogen functional groups attached to an aromatic ring is 2. The highest BCUT2D eigenvalue weighted by Gasteiger charge is 2.01. The van der Waals surface area contributed by atoms with Gasteiger partial charge in [0.05, 0.1) is 0 Å². The van der Waals surface area contributed by atoms with Crippen molar-refractivity contribution < 1.29 is 0 Å². The third-order valence-electron chi connectivity index (χ3n) is 2.29. The molecule has 0 fully saturated rings. The molecule has 0 atom stereocenters. The smallest absolute Gasteiger partial charge is 0.126 e. The third-order valence-corrected chi connectivity index (χ3v) is 3.03. The maximum Gasteiger partial charge on any atom is 0.126 e. The van der Waals surface area contributed by atoms with E-state index in [1.54, 1.807) is 11.8 Å². The van der Waals surface area contributed by atoms with E-state index in [9.17, 15) is 0 Å². The van der Waals surface area contributed by atoms with Crippen molar-refractivity contribution in [1.29, 1.82) is 0 Å². The van der Waals surface area contributed by atoms with Crippen LogP contribution in [-0.4, -0.2) is 11.2 Å². The molecule has 2 rings (SSSR count). The second-order valence-electron chi connectivity index (χ2n) is 3.43. The van der Waals surface area contributed by atoms with E-state index in [1.165, 1.54) is 4.90 Å². The van der Waals surface area contributed by atoms with Gasteiger partial charge >= 0.3 is 0 Å². The van der Waals surface area contributed by atoms with Crippen LogP contribution < -0.4 is 11.5 Å². The molecule has 0 aliphatic heterocycles. The van der Waals surface area contributed by atoms with Gasteiger partial charge in [0.15, 0.2) is 0 Å². The molecule has 0 saturated carbocycles. The molecule has 3 nitrogen and oxygen atoms in total. The fourth-order valence-corrected chi connectivity index (χ4v) is 1.93. The first kappa shape index (κ1) is 10.8. The van der Waals surface area contributed by atoms with Crippen molar-refractivity contribution >= 4 is 23.4 Å². The van der Waals surface area contributed by atoms with Crippen LogP contribution in [0.15, 0.2) is 41.3 Å². The van der Waals surface area contributed by atoms with Crippen LogP contribution in [0.4, 0.5) is 11.6 Å². The van der Waals surface area contributed by atoms with Gasteiger partial charge in [0.2, 0.25) is 0 Å². The molecular formula is C12H13N3S. The molecule has 0 aliphatic carbocycles. The number of benzene rings is 1. The summed E-state index contributed by atoms with van der Waals surface area (Å²) in [5.41, 5.74) is 13.4. The summed E-state index contributed by atoms with van der Waals surface area (Å²) in [5.74, 6) is 0.896. The zero-order valence-electron chi connectivity index (χ0n) is 8.97. The van der Waals surface area contributed by atoms with Crippen molar-refractivity contribution in [2.75, 3.05) is 17.7 Å². The SMILES string of the molecule is CSc1ccc(-c2cc(N)nc(N)c2)cc1. The Labute approximate surface area is 98.9 Å². The molecule has 0 unspecified atom stereocenters. The van der Waals surface area contributed by atoms with Gasteiger partial charge in [-0.15, -0.1) is 11.8 Å². The number of aromatic nitrogens is 1. The fourth-order valence-electron chi connectivity index (χ4n) is 1.52. The van der Waals surface area contributed by atoms with Gasteiger partial charge < -0.3 is 11.5 Å². The van der Waals surface area contributed by atoms with E-state index >= 15 is 0 Å². The molecule has 0 spiro atoms. The average molecular weight is 231 g/mol. The van der Waals surface area contributed by atoms with Crippen LogP contribution in [0.25, 0.3) is 11.1 Å². The lowest BCUT2D eigenvalue weighted by molar-refractivity contribution is 1.34. The van der Waals surface area contributed by atoms with Gasteiger partial charge in [0.25, 0.3) is 0 Å². The van der Waals surface area contributed by atoms with Gasteiger partial charge in [-0.25, -0.2) is 4.98 Å². The van der Waals surface area contributed by atoms with Crippen molar-refractivity contribution in [1.82, 2.24) is 4.98 Å². The first-order chi connectivity index (χ1) is 7.69. The lowest BCUT2D eigenvalue weighted by Gasteiger charge is -2.05. The number of pyridine rings is 1. The highest BCUT2D eigenvalue weighted by molar-refractivity contribution is 7.98. The van der Waals surface area contributed by atoms with Crippen LogP contribution >= 0.6 is 11.8 Å². The zero-order valence-corrected chi connectivity index (χ0v) is 9.79. The fraction of sp³-hybridized carbons (Fsp3) is 0.0833. The van der Waals surface area contributed by atoms with Crippen LogP contribution in [0.1, 0.15) is 0 Å². The maximum atomic E-state index is 5.66. The van der Waals surface area contributed by atoms with Crippen molar-refractivity contribution in [2.24, 2.45) is 0 Å². The minimum atomic E-state index is 0.448. The van der Waals surface area contributed by atoms with Gasteiger partial charge in [-0.3, -0.25) is 0 Å². The summed E-state index contributed by atoms with van der Waals surface area (Å²) in [4.78, 5) is 5.18. The molecule has 16 heavy (non-hydrogen) atoms. The first-order valence-corrected chi connectivity index (χ1v) is 6.09. The van der Waals surface area contributed by atoms with Gasteiger partial charge in [-0.2, -0.15) is 0 Å². The topological polar surface area (TPSA) is 64.9 Å². The van der Waals surface area contributed by atoms with Gasteiger partial charge in [-0.1, -0.05) is 12.1 Å². The summed E-state index contributed by atoms with van der Waals surface area (Å²) in [7, 11) is 0. The van der Waals surface area contributed by atoms with Crippen molar-refractivity contribution in [3.05, 3.63) is 36.4 Å². The quantitative estimate of drug-likeness (QED) is 0.780. The predicted octanol–water partition coefficient (Wildman–Crippen LogP) is 2.63. The van der Waals surface area contributed by atoms with E-state index in [0.717, 1.165) is 11.1 Å². The van der Waals surface area contributed by atoms with Crippen LogP contribution in [0.3, 0.4) is 0 Å². The second kappa shape index (κ2) is 4.45. The average Bonchev–Trinajstić information content (AvgIpc) is 2.28. The third kappa shape index (κ3) is 2.28. The van der Waals surface area contributed by atoms with Gasteiger partial charge in [-0.05, 0) is 41.6 Å². The molecule has 0 radical (unpaired) electrons. The van der Waals surface area contributed by atoms with Crippen LogP contribution in [0, 0.1) is 0 Å². The molecule has 0 saturated heterocycles. The number of nitrogens with two attached hydrogens (primary N) is 2. The summed E-state index contributed by atoms with van der Waals surface area (Å²) < 4.78 is 0. The lowest BCUT2D eigenvalue weighted by Crippen LogP contribution is -1.96. The predicted molar refractivity (Wildman–Crippen MR) is 70.3 cm³/mol. The molecule has 82 valence electrons. The van der Waals surface area contributed by atoms with Crippen molar-refractivity contribution in [3.8, 4) is 11.1 Å². The standard InChI is InChI=1S/C12H13N3S/c1-16-10-4-2-8(3-5-10)9-6-11(13)15-12(14)7-9/h2-7H,1H3,(H4,13,14,15). The Morgan fingerprint density at radius 1 is 0.938 bits per heavy atom. The number of anilines is 2. The summed E-state index contributed by atoms with van der Waals surface area (Å²) in [6, 6.07) is 11.9. The summed E-state index contributed by atoms with van der Waals surface area (Å²) in [6.45, 7) is 0. The largest absolute Gasteiger partial charge is 0.384 e. The molecule has 0 amide bonds. The van der Waals surface area contributed by atoms with E-state index in [1.807, 2.05) is 12.1 Å². The Kier molecular flexibility index (Phi) is 3.01. The number of hydrogen-bond donors (Lipinski definition) is 2. The normalized spacial score (nSPS) is 10.3. The Morgan fingerprint density at radius 2 is 1.50 bits per heavy atom. The number of rotatable bonds is 2. The van der Waals surface area contributed by atoms with Crippen LogP contribution in [0.2, 0.25) is 0 Å². The summed E-state index contributed by atoms with van der Waals surface area (Å²) in [5, 5.41) is 0. The van der Waals surface area contributed by atoms with E-state index in [2.05, 4.69) is 35.5 Å². The minimum Gasteiger partial charge on any atom is -0.384 e. The van der Waals surface area contributed by atoms with Gasteiger partial charge in [0.1, 0.15) is 11.6 Å². The molecule has 0 bridgehead atoms. The maximum absolute atomic E-state index is 5.66. The molecule has 1 aromatic heterocycles. The Bertz CT molecular complexity index is 474. The monoisotopic (exact) mass is 231 g/mol. The number of thioether (sulfide) groups is 1. The Morgan fingerprint density at radius 3 is 2.00 bits per heavy atom. The molecule has 4 heteroatoms. The van der Waals surface area contributed by atoms with Crippen LogP contribution in [-0.2, 0) is 0 Å². The first-order valence-electron chi connectivity index (χ1n) is 4.86. The number of hydrogen-bond acceptors (Lipinski definition) is 4.